The van der Waals surface area contributed by atoms with Gasteiger partial charge in [0.05, 0.1) is 19.9 Å². The first kappa shape index (κ1) is 17.9. The van der Waals surface area contributed by atoms with Crippen LogP contribution in [0.4, 0.5) is 17.5 Å². The van der Waals surface area contributed by atoms with E-state index in [-0.39, 0.29) is 12.6 Å². The first-order valence-corrected chi connectivity index (χ1v) is 9.85. The lowest BCUT2D eigenvalue weighted by molar-refractivity contribution is 0.281. The Morgan fingerprint density at radius 1 is 1.48 bits per heavy atom. The molecule has 0 aliphatic heterocycles. The molecular weight excluding hydrogens is 429 g/mol. The molecule has 2 rings (SSSR count). The van der Waals surface area contributed by atoms with E-state index in [1.807, 2.05) is 6.92 Å². The predicted molar refractivity (Wildman–Crippen MR) is 99.7 cm³/mol. The second kappa shape index (κ2) is 7.41. The van der Waals surface area contributed by atoms with E-state index < -0.39 is 9.73 Å². The van der Waals surface area contributed by atoms with Crippen molar-refractivity contribution in [2.45, 2.75) is 17.9 Å². The van der Waals surface area contributed by atoms with Crippen LogP contribution in [0.15, 0.2) is 35.4 Å². The Labute approximate surface area is 149 Å². The number of benzene rings is 1. The quantitative estimate of drug-likeness (QED) is 0.507. The van der Waals surface area contributed by atoms with E-state index in [1.165, 1.54) is 6.26 Å². The van der Waals surface area contributed by atoms with Crippen molar-refractivity contribution in [1.29, 1.82) is 4.78 Å². The van der Waals surface area contributed by atoms with Gasteiger partial charge in [0.15, 0.2) is 0 Å². The van der Waals surface area contributed by atoms with E-state index in [2.05, 4.69) is 43.2 Å². The Hall–Kier alpha value is -1.46. The summed E-state index contributed by atoms with van der Waals surface area (Å²) in [7, 11) is -2.77. The van der Waals surface area contributed by atoms with Crippen LogP contribution in [-0.2, 0) is 9.73 Å². The Bertz CT molecular complexity index is 798. The monoisotopic (exact) mass is 447 g/mol. The Kier molecular flexibility index (Phi) is 5.76. The number of rotatable bonds is 6. The second-order valence-corrected chi connectivity index (χ2v) is 8.44. The molecule has 2 unspecified atom stereocenters. The lowest BCUT2D eigenvalue weighted by Crippen LogP contribution is -2.21. The van der Waals surface area contributed by atoms with Crippen molar-refractivity contribution in [3.05, 3.63) is 34.0 Å². The maximum atomic E-state index is 11.8. The molecule has 1 aromatic heterocycles. The highest BCUT2D eigenvalue weighted by Gasteiger charge is 2.09. The lowest BCUT2D eigenvalue weighted by atomic mass is 10.3. The standard InChI is InChI=1S/C14H18IN5O2S/c1-9(8-21)18-13-12(15)7-17-14(20-13)19-10-4-3-5-11(6-10)23(2,16)22/h3-7,9,16,21H,8H2,1-2H3,(H2,17,18,19,20). The Balaban J connectivity index is 2.25. The molecule has 0 saturated carbocycles. The highest BCUT2D eigenvalue weighted by molar-refractivity contribution is 14.1. The molecule has 1 aromatic carbocycles. The molecule has 1 heterocycles. The van der Waals surface area contributed by atoms with Crippen molar-refractivity contribution in [1.82, 2.24) is 9.97 Å². The number of hydrogen-bond acceptors (Lipinski definition) is 7. The molecule has 0 radical (unpaired) electrons. The molecule has 0 saturated heterocycles. The van der Waals surface area contributed by atoms with Gasteiger partial charge in [0.25, 0.3) is 0 Å². The van der Waals surface area contributed by atoms with Gasteiger partial charge in [0, 0.05) is 29.1 Å². The number of nitrogens with one attached hydrogen (secondary N) is 3. The maximum Gasteiger partial charge on any atom is 0.229 e. The van der Waals surface area contributed by atoms with Crippen LogP contribution in [0.2, 0.25) is 0 Å². The number of aliphatic hydroxyl groups is 1. The van der Waals surface area contributed by atoms with Crippen LogP contribution in [0.25, 0.3) is 0 Å². The van der Waals surface area contributed by atoms with E-state index >= 15 is 0 Å². The van der Waals surface area contributed by atoms with Crippen molar-refractivity contribution >= 4 is 49.8 Å². The molecule has 0 bridgehead atoms. The van der Waals surface area contributed by atoms with Crippen molar-refractivity contribution in [3.8, 4) is 0 Å². The maximum absolute atomic E-state index is 11.8. The fourth-order valence-corrected chi connectivity index (χ4v) is 2.86. The van der Waals surface area contributed by atoms with E-state index in [0.29, 0.717) is 22.3 Å². The van der Waals surface area contributed by atoms with Crippen molar-refractivity contribution in [3.63, 3.8) is 0 Å². The van der Waals surface area contributed by atoms with Gasteiger partial charge in [-0.1, -0.05) is 6.07 Å². The third kappa shape index (κ3) is 5.01. The predicted octanol–water partition coefficient (Wildman–Crippen LogP) is 2.65. The van der Waals surface area contributed by atoms with Gasteiger partial charge in [-0.25, -0.2) is 14.0 Å². The largest absolute Gasteiger partial charge is 0.394 e. The topological polar surface area (TPSA) is 111 Å². The molecule has 7 nitrogen and oxygen atoms in total. The van der Waals surface area contributed by atoms with Gasteiger partial charge in [0.1, 0.15) is 5.82 Å². The van der Waals surface area contributed by atoms with Gasteiger partial charge in [-0.15, -0.1) is 0 Å². The molecule has 4 N–H and O–H groups in total. The summed E-state index contributed by atoms with van der Waals surface area (Å²) in [6.07, 6.45) is 3.05. The number of nitrogens with zero attached hydrogens (tertiary/aromatic N) is 2. The highest BCUT2D eigenvalue weighted by atomic mass is 127. The molecule has 0 aliphatic carbocycles. The van der Waals surface area contributed by atoms with Crippen LogP contribution in [0.3, 0.4) is 0 Å². The first-order valence-electron chi connectivity index (χ1n) is 6.80. The summed E-state index contributed by atoms with van der Waals surface area (Å²) in [4.78, 5) is 9.03. The average molecular weight is 447 g/mol. The summed E-state index contributed by atoms with van der Waals surface area (Å²) in [5.74, 6) is 1.00. The SMILES string of the molecule is CC(CO)Nc1nc(Nc2cccc(S(C)(=N)=O)c2)ncc1I. The number of anilines is 3. The number of aliphatic hydroxyl groups excluding tert-OH is 1. The zero-order chi connectivity index (χ0) is 17.0. The van der Waals surface area contributed by atoms with Gasteiger partial charge in [-0.2, -0.15) is 4.98 Å². The summed E-state index contributed by atoms with van der Waals surface area (Å²) in [6, 6.07) is 6.71. The molecular formula is C14H18IN5O2S. The van der Waals surface area contributed by atoms with E-state index in [9.17, 15) is 4.21 Å². The minimum Gasteiger partial charge on any atom is -0.394 e. The van der Waals surface area contributed by atoms with E-state index in [1.54, 1.807) is 30.5 Å². The summed E-state index contributed by atoms with van der Waals surface area (Å²) in [6.45, 7) is 1.85. The van der Waals surface area contributed by atoms with Gasteiger partial charge >= 0.3 is 0 Å². The molecule has 0 amide bonds. The summed E-state index contributed by atoms with van der Waals surface area (Å²) in [5.41, 5.74) is 0.659. The zero-order valence-electron chi connectivity index (χ0n) is 12.7. The van der Waals surface area contributed by atoms with Crippen LogP contribution >= 0.6 is 22.6 Å². The average Bonchev–Trinajstić information content (AvgIpc) is 2.50. The fraction of sp³-hybridized carbons (Fsp3) is 0.286. The second-order valence-electron chi connectivity index (χ2n) is 5.11. The normalized spacial score (nSPS) is 14.8. The Morgan fingerprint density at radius 2 is 2.22 bits per heavy atom. The van der Waals surface area contributed by atoms with Crippen molar-refractivity contribution in [2.24, 2.45) is 0 Å². The summed E-state index contributed by atoms with van der Waals surface area (Å²) in [5, 5.41) is 15.3. The van der Waals surface area contributed by atoms with Gasteiger partial charge in [-0.05, 0) is 47.7 Å². The molecule has 23 heavy (non-hydrogen) atoms. The minimum atomic E-state index is -2.77. The minimum absolute atomic E-state index is 0.000745. The van der Waals surface area contributed by atoms with Gasteiger partial charge < -0.3 is 15.7 Å². The molecule has 0 aliphatic rings. The van der Waals surface area contributed by atoms with E-state index in [0.717, 1.165) is 3.57 Å². The zero-order valence-corrected chi connectivity index (χ0v) is 15.7. The Morgan fingerprint density at radius 3 is 2.87 bits per heavy atom. The molecule has 0 fully saturated rings. The lowest BCUT2D eigenvalue weighted by Gasteiger charge is -2.14. The van der Waals surface area contributed by atoms with Crippen LogP contribution in [-0.4, -0.2) is 38.2 Å². The molecule has 124 valence electrons. The first-order chi connectivity index (χ1) is 10.8. The molecule has 2 atom stereocenters. The van der Waals surface area contributed by atoms with Gasteiger partial charge in [0.2, 0.25) is 5.95 Å². The van der Waals surface area contributed by atoms with Crippen LogP contribution in [0, 0.1) is 8.35 Å². The number of hydrogen-bond donors (Lipinski definition) is 4. The number of aromatic nitrogens is 2. The van der Waals surface area contributed by atoms with Crippen molar-refractivity contribution < 1.29 is 9.32 Å². The smallest absolute Gasteiger partial charge is 0.229 e. The van der Waals surface area contributed by atoms with E-state index in [4.69, 9.17) is 9.89 Å². The third-order valence-corrected chi connectivity index (χ3v) is 4.88. The summed E-state index contributed by atoms with van der Waals surface area (Å²) < 4.78 is 20.3. The molecule has 2 aromatic rings. The highest BCUT2D eigenvalue weighted by Crippen LogP contribution is 2.21. The van der Waals surface area contributed by atoms with Crippen LogP contribution < -0.4 is 10.6 Å². The number of halogens is 1. The van der Waals surface area contributed by atoms with Crippen molar-refractivity contribution in [2.75, 3.05) is 23.5 Å². The van der Waals surface area contributed by atoms with Crippen LogP contribution in [0.5, 0.6) is 0 Å². The van der Waals surface area contributed by atoms with Crippen LogP contribution in [0.1, 0.15) is 6.92 Å². The fourth-order valence-electron chi connectivity index (χ4n) is 1.75. The molecule has 9 heteroatoms. The third-order valence-electron chi connectivity index (χ3n) is 2.94. The summed E-state index contributed by atoms with van der Waals surface area (Å²) >= 11 is 2.11. The van der Waals surface area contributed by atoms with Gasteiger partial charge in [-0.3, -0.25) is 0 Å². The molecule has 0 spiro atoms.